The van der Waals surface area contributed by atoms with Gasteiger partial charge in [0, 0.05) is 44.0 Å². The molecule has 0 saturated heterocycles. The first-order valence-electron chi connectivity index (χ1n) is 14.1. The van der Waals surface area contributed by atoms with Crippen LogP contribution in [0.5, 0.6) is 0 Å². The molecule has 4 aliphatic heterocycles. The Morgan fingerprint density at radius 1 is 0.610 bits per heavy atom. The minimum atomic E-state index is 0.105. The normalized spacial score (nSPS) is 13.5. The first-order valence-corrected chi connectivity index (χ1v) is 15.3. The summed E-state index contributed by atoms with van der Waals surface area (Å²) in [7, 11) is 0. The van der Waals surface area contributed by atoms with Gasteiger partial charge in [-0.05, 0) is 70.7 Å². The van der Waals surface area contributed by atoms with Crippen molar-refractivity contribution in [3.8, 4) is 22.5 Å². The summed E-state index contributed by atoms with van der Waals surface area (Å²) < 4.78 is 9.95. The van der Waals surface area contributed by atoms with Gasteiger partial charge in [0.1, 0.15) is 0 Å². The molecule has 7 aromatic rings. The molecule has 0 amide bonds. The first kappa shape index (κ1) is 21.0. The van der Waals surface area contributed by atoms with Crippen LogP contribution in [0.4, 0.5) is 0 Å². The Hall–Kier alpha value is -4.81. The third kappa shape index (κ3) is 2.22. The van der Waals surface area contributed by atoms with E-state index in [1.54, 1.807) is 0 Å². The monoisotopic (exact) mass is 540 g/mol. The number of nitrogens with zero attached hydrogens (tertiary/aromatic N) is 4. The van der Waals surface area contributed by atoms with Gasteiger partial charge in [0.2, 0.25) is 0 Å². The molecule has 2 aromatic heterocycles. The van der Waals surface area contributed by atoms with Crippen LogP contribution in [-0.2, 0) is 0 Å². The molecule has 0 N–H and O–H groups in total. The molecule has 11 rings (SSSR count). The molecule has 6 heteroatoms. The Kier molecular flexibility index (Phi) is 3.54. The number of hydrogen-bond donors (Lipinski definition) is 0. The van der Waals surface area contributed by atoms with Crippen LogP contribution in [0.25, 0.3) is 71.6 Å². The lowest BCUT2D eigenvalue weighted by molar-refractivity contribution is 0.814. The minimum absolute atomic E-state index is 0.105. The maximum atomic E-state index is 2.57. The molecule has 0 saturated carbocycles. The predicted molar refractivity (Wildman–Crippen MR) is 173 cm³/mol. The first-order chi connectivity index (χ1) is 20.3. The molecule has 41 heavy (non-hydrogen) atoms. The second-order valence-corrected chi connectivity index (χ2v) is 12.2. The van der Waals surface area contributed by atoms with Crippen molar-refractivity contribution >= 4 is 78.7 Å². The van der Waals surface area contributed by atoms with E-state index in [4.69, 9.17) is 0 Å². The largest absolute Gasteiger partial charge is 0.382 e. The fourth-order valence-electron chi connectivity index (χ4n) is 8.20. The molecule has 0 aliphatic carbocycles. The summed E-state index contributed by atoms with van der Waals surface area (Å²) in [5.74, 6) is 0. The van der Waals surface area contributed by atoms with Crippen LogP contribution in [0, 0.1) is 0 Å². The second-order valence-electron chi connectivity index (χ2n) is 11.4. The van der Waals surface area contributed by atoms with Gasteiger partial charge >= 0.3 is 6.85 Å². The SMILES string of the molecule is CSc1ccc2c3c1B1c4c(cccc4-n3c3cccc4c3-n2n2ccc3cccc4c32)-c2cccc3ccn1c23. The van der Waals surface area contributed by atoms with Gasteiger partial charge < -0.3 is 9.05 Å². The van der Waals surface area contributed by atoms with Crippen LogP contribution >= 0.6 is 11.8 Å². The van der Waals surface area contributed by atoms with Crippen molar-refractivity contribution in [3.05, 3.63) is 109 Å². The van der Waals surface area contributed by atoms with Gasteiger partial charge in [-0.3, -0.25) is 4.52 Å². The molecule has 0 unspecified atom stereocenters. The molecular formula is C35H21BN4S. The molecular weight excluding hydrogens is 519 g/mol. The van der Waals surface area contributed by atoms with Gasteiger partial charge in [-0.1, -0.05) is 60.7 Å². The summed E-state index contributed by atoms with van der Waals surface area (Å²) in [5, 5.41) is 5.14. The number of aromatic nitrogens is 4. The third-order valence-electron chi connectivity index (χ3n) is 9.67. The smallest absolute Gasteiger partial charge is 0.333 e. The number of benzene rings is 5. The van der Waals surface area contributed by atoms with E-state index in [-0.39, 0.29) is 6.85 Å². The van der Waals surface area contributed by atoms with Crippen LogP contribution in [0.1, 0.15) is 0 Å². The molecule has 4 nitrogen and oxygen atoms in total. The van der Waals surface area contributed by atoms with Crippen LogP contribution in [-0.4, -0.2) is 31.3 Å². The second kappa shape index (κ2) is 6.91. The van der Waals surface area contributed by atoms with Crippen LogP contribution < -0.4 is 10.9 Å². The van der Waals surface area contributed by atoms with Crippen molar-refractivity contribution in [2.75, 3.05) is 6.26 Å². The molecule has 6 heterocycles. The standard InChI is InChI=1S/C35H21BN4S/c1-41-29-15-14-28-35-31(29)36-30-22(23-9-2-6-20-16-18-37(36)32(20)23)8-4-12-26(30)39(35)27-13-5-11-25-24-10-3-7-21-17-19-38(33(21)24)40(28)34(25)27/h2-19H,1H3. The zero-order valence-electron chi connectivity index (χ0n) is 22.2. The molecule has 0 bridgehead atoms. The topological polar surface area (TPSA) is 19.2 Å². The highest BCUT2D eigenvalue weighted by Gasteiger charge is 2.41. The highest BCUT2D eigenvalue weighted by molar-refractivity contribution is 7.98. The summed E-state index contributed by atoms with van der Waals surface area (Å²) >= 11 is 1.85. The summed E-state index contributed by atoms with van der Waals surface area (Å²) in [6.07, 6.45) is 6.76. The molecule has 5 aromatic carbocycles. The van der Waals surface area contributed by atoms with Crippen molar-refractivity contribution in [1.82, 2.24) is 18.2 Å². The Morgan fingerprint density at radius 3 is 2.32 bits per heavy atom. The summed E-state index contributed by atoms with van der Waals surface area (Å²) in [6.45, 7) is 0.105. The quantitative estimate of drug-likeness (QED) is 0.0946. The molecule has 190 valence electrons. The minimum Gasteiger partial charge on any atom is -0.382 e. The summed E-state index contributed by atoms with van der Waals surface area (Å²) in [5.41, 5.74) is 14.3. The average molecular weight is 540 g/mol. The van der Waals surface area contributed by atoms with Gasteiger partial charge in [0.05, 0.1) is 27.8 Å². The molecule has 4 aliphatic rings. The van der Waals surface area contributed by atoms with Crippen LogP contribution in [0.3, 0.4) is 0 Å². The van der Waals surface area contributed by atoms with E-state index in [1.165, 1.54) is 87.5 Å². The fourth-order valence-corrected chi connectivity index (χ4v) is 8.83. The lowest BCUT2D eigenvalue weighted by Gasteiger charge is -2.37. The highest BCUT2D eigenvalue weighted by atomic mass is 32.2. The summed E-state index contributed by atoms with van der Waals surface area (Å²) in [6, 6.07) is 36.4. The van der Waals surface area contributed by atoms with Gasteiger partial charge in [-0.2, -0.15) is 0 Å². The van der Waals surface area contributed by atoms with Crippen molar-refractivity contribution in [3.63, 3.8) is 0 Å². The average Bonchev–Trinajstić information content (AvgIpc) is 3.65. The number of para-hydroxylation sites is 3. The van der Waals surface area contributed by atoms with Crippen LogP contribution in [0.15, 0.2) is 114 Å². The zero-order valence-corrected chi connectivity index (χ0v) is 23.0. The van der Waals surface area contributed by atoms with E-state index >= 15 is 0 Å². The van der Waals surface area contributed by atoms with Gasteiger partial charge in [-0.25, -0.2) is 4.68 Å². The number of fused-ring (bicyclic) bond motifs is 8. The van der Waals surface area contributed by atoms with E-state index in [9.17, 15) is 0 Å². The van der Waals surface area contributed by atoms with Gasteiger partial charge in [0.15, 0.2) is 0 Å². The van der Waals surface area contributed by atoms with E-state index in [0.29, 0.717) is 0 Å². The Bertz CT molecular complexity index is 2590. The highest BCUT2D eigenvalue weighted by Crippen LogP contribution is 2.42. The maximum absolute atomic E-state index is 2.57. The van der Waals surface area contributed by atoms with Crippen molar-refractivity contribution < 1.29 is 0 Å². The van der Waals surface area contributed by atoms with Crippen molar-refractivity contribution in [1.29, 1.82) is 0 Å². The third-order valence-corrected chi connectivity index (χ3v) is 10.5. The molecule has 0 fully saturated rings. The Balaban J connectivity index is 1.47. The van der Waals surface area contributed by atoms with Crippen molar-refractivity contribution in [2.24, 2.45) is 0 Å². The number of rotatable bonds is 1. The molecule has 0 atom stereocenters. The zero-order chi connectivity index (χ0) is 26.6. The van der Waals surface area contributed by atoms with E-state index in [2.05, 4.69) is 134 Å². The fraction of sp³-hybridized carbons (Fsp3) is 0.0286. The Morgan fingerprint density at radius 2 is 1.39 bits per heavy atom. The van der Waals surface area contributed by atoms with Gasteiger partial charge in [-0.15, -0.1) is 11.8 Å². The van der Waals surface area contributed by atoms with Gasteiger partial charge in [0.25, 0.3) is 0 Å². The number of thioether (sulfide) groups is 1. The lowest BCUT2D eigenvalue weighted by atomic mass is 9.45. The predicted octanol–water partition coefficient (Wildman–Crippen LogP) is 7.04. The van der Waals surface area contributed by atoms with E-state index < -0.39 is 0 Å². The lowest BCUT2D eigenvalue weighted by Crippen LogP contribution is -2.56. The van der Waals surface area contributed by atoms with Crippen LogP contribution in [0.2, 0.25) is 0 Å². The van der Waals surface area contributed by atoms with Crippen molar-refractivity contribution in [2.45, 2.75) is 4.90 Å². The molecule has 0 spiro atoms. The Labute approximate surface area is 239 Å². The maximum Gasteiger partial charge on any atom is 0.333 e. The summed E-state index contributed by atoms with van der Waals surface area (Å²) in [4.78, 5) is 1.33. The number of hydrogen-bond acceptors (Lipinski definition) is 1. The molecule has 0 radical (unpaired) electrons. The van der Waals surface area contributed by atoms with E-state index in [1.807, 2.05) is 11.8 Å². The van der Waals surface area contributed by atoms with E-state index in [0.717, 1.165) is 0 Å².